The van der Waals surface area contributed by atoms with Crippen molar-refractivity contribution in [2.75, 3.05) is 18.4 Å². The Kier molecular flexibility index (Phi) is 4.31. The molecule has 19 heavy (non-hydrogen) atoms. The van der Waals surface area contributed by atoms with Gasteiger partial charge in [0.1, 0.15) is 5.01 Å². The van der Waals surface area contributed by atoms with E-state index in [0.29, 0.717) is 24.6 Å². The monoisotopic (exact) mass is 284 g/mol. The third-order valence-electron chi connectivity index (χ3n) is 3.08. The summed E-state index contributed by atoms with van der Waals surface area (Å²) in [6.07, 6.45) is 1.64. The average Bonchev–Trinajstić information content (AvgIpc) is 2.95. The van der Waals surface area contributed by atoms with Gasteiger partial charge in [0, 0.05) is 19.5 Å². The summed E-state index contributed by atoms with van der Waals surface area (Å²) in [5, 5.41) is 20.3. The molecule has 1 fully saturated rings. The SMILES string of the molecule is Cc1nnc(NC(=O)N2CCC(CCC(=O)O)C2)s1. The summed E-state index contributed by atoms with van der Waals surface area (Å²) in [5.41, 5.74) is 0. The maximum absolute atomic E-state index is 11.9. The molecule has 1 aromatic rings. The Labute approximate surface area is 114 Å². The number of carbonyl (C=O) groups excluding carboxylic acids is 1. The van der Waals surface area contributed by atoms with Crippen molar-refractivity contribution in [3.63, 3.8) is 0 Å². The summed E-state index contributed by atoms with van der Waals surface area (Å²) in [6.45, 7) is 3.09. The third kappa shape index (κ3) is 3.88. The van der Waals surface area contributed by atoms with Crippen LogP contribution in [0.25, 0.3) is 0 Å². The number of nitrogens with one attached hydrogen (secondary N) is 1. The van der Waals surface area contributed by atoms with E-state index >= 15 is 0 Å². The van der Waals surface area contributed by atoms with Gasteiger partial charge in [0.05, 0.1) is 0 Å². The second kappa shape index (κ2) is 5.96. The van der Waals surface area contributed by atoms with Gasteiger partial charge in [0.15, 0.2) is 0 Å². The zero-order valence-corrected chi connectivity index (χ0v) is 11.4. The van der Waals surface area contributed by atoms with Gasteiger partial charge in [-0.1, -0.05) is 11.3 Å². The highest BCUT2D eigenvalue weighted by Gasteiger charge is 2.26. The van der Waals surface area contributed by atoms with Crippen molar-refractivity contribution in [2.24, 2.45) is 5.92 Å². The van der Waals surface area contributed by atoms with Gasteiger partial charge >= 0.3 is 12.0 Å². The first-order chi connectivity index (χ1) is 9.04. The molecule has 1 aromatic heterocycles. The fourth-order valence-electron chi connectivity index (χ4n) is 2.10. The molecule has 1 aliphatic rings. The van der Waals surface area contributed by atoms with E-state index in [9.17, 15) is 9.59 Å². The minimum Gasteiger partial charge on any atom is -0.481 e. The molecule has 0 saturated carbocycles. The fourth-order valence-corrected chi connectivity index (χ4v) is 2.68. The lowest BCUT2D eigenvalue weighted by molar-refractivity contribution is -0.137. The van der Waals surface area contributed by atoms with E-state index in [-0.39, 0.29) is 18.4 Å². The summed E-state index contributed by atoms with van der Waals surface area (Å²) in [4.78, 5) is 24.2. The van der Waals surface area contributed by atoms with Crippen LogP contribution in [0.1, 0.15) is 24.3 Å². The highest BCUT2D eigenvalue weighted by Crippen LogP contribution is 2.22. The number of aliphatic carboxylic acids is 1. The number of hydrogen-bond donors (Lipinski definition) is 2. The fraction of sp³-hybridized carbons (Fsp3) is 0.636. The van der Waals surface area contributed by atoms with E-state index < -0.39 is 5.97 Å². The van der Waals surface area contributed by atoms with Gasteiger partial charge in [-0.05, 0) is 25.7 Å². The number of aromatic nitrogens is 2. The highest BCUT2D eigenvalue weighted by atomic mass is 32.1. The second-order valence-corrected chi connectivity index (χ2v) is 5.77. The molecule has 0 aromatic carbocycles. The molecule has 2 N–H and O–H groups in total. The van der Waals surface area contributed by atoms with Gasteiger partial charge in [-0.15, -0.1) is 10.2 Å². The zero-order valence-electron chi connectivity index (χ0n) is 10.6. The number of rotatable bonds is 4. The Morgan fingerprint density at radius 3 is 2.95 bits per heavy atom. The van der Waals surface area contributed by atoms with Crippen molar-refractivity contribution >= 4 is 28.5 Å². The van der Waals surface area contributed by atoms with E-state index in [2.05, 4.69) is 15.5 Å². The summed E-state index contributed by atoms with van der Waals surface area (Å²) < 4.78 is 0. The van der Waals surface area contributed by atoms with Crippen LogP contribution in [-0.4, -0.2) is 45.3 Å². The van der Waals surface area contributed by atoms with Crippen LogP contribution in [-0.2, 0) is 4.79 Å². The Morgan fingerprint density at radius 1 is 1.53 bits per heavy atom. The minimum absolute atomic E-state index is 0.162. The molecular weight excluding hydrogens is 268 g/mol. The lowest BCUT2D eigenvalue weighted by atomic mass is 10.0. The number of amides is 2. The lowest BCUT2D eigenvalue weighted by Gasteiger charge is -2.15. The van der Waals surface area contributed by atoms with Crippen LogP contribution in [0.4, 0.5) is 9.93 Å². The van der Waals surface area contributed by atoms with Crippen LogP contribution in [0.2, 0.25) is 0 Å². The van der Waals surface area contributed by atoms with E-state index in [1.165, 1.54) is 11.3 Å². The first-order valence-electron chi connectivity index (χ1n) is 6.12. The number of hydrogen-bond acceptors (Lipinski definition) is 5. The first-order valence-corrected chi connectivity index (χ1v) is 6.94. The first kappa shape index (κ1) is 13.7. The molecular formula is C11H16N4O3S. The van der Waals surface area contributed by atoms with Crippen molar-refractivity contribution in [1.29, 1.82) is 0 Å². The number of urea groups is 1. The second-order valence-electron chi connectivity index (χ2n) is 4.59. The molecule has 2 rings (SSSR count). The molecule has 1 unspecified atom stereocenters. The van der Waals surface area contributed by atoms with Crippen molar-refractivity contribution in [3.8, 4) is 0 Å². The molecule has 0 spiro atoms. The molecule has 8 heteroatoms. The molecule has 2 heterocycles. The molecule has 1 saturated heterocycles. The maximum Gasteiger partial charge on any atom is 0.323 e. The smallest absolute Gasteiger partial charge is 0.323 e. The molecule has 0 aliphatic carbocycles. The summed E-state index contributed by atoms with van der Waals surface area (Å²) in [7, 11) is 0. The average molecular weight is 284 g/mol. The largest absolute Gasteiger partial charge is 0.481 e. The number of carboxylic acid groups (broad SMARTS) is 1. The molecule has 1 aliphatic heterocycles. The van der Waals surface area contributed by atoms with E-state index in [1.807, 2.05) is 6.92 Å². The maximum atomic E-state index is 11.9. The number of carboxylic acids is 1. The van der Waals surface area contributed by atoms with E-state index in [0.717, 1.165) is 11.4 Å². The number of likely N-dealkylation sites (tertiary alicyclic amines) is 1. The van der Waals surface area contributed by atoms with Crippen molar-refractivity contribution in [1.82, 2.24) is 15.1 Å². The normalized spacial score (nSPS) is 18.6. The Bertz CT molecular complexity index is 476. The van der Waals surface area contributed by atoms with Crippen LogP contribution in [0.5, 0.6) is 0 Å². The van der Waals surface area contributed by atoms with Crippen molar-refractivity contribution < 1.29 is 14.7 Å². The minimum atomic E-state index is -0.785. The van der Waals surface area contributed by atoms with Crippen molar-refractivity contribution in [2.45, 2.75) is 26.2 Å². The van der Waals surface area contributed by atoms with Crippen molar-refractivity contribution in [3.05, 3.63) is 5.01 Å². The standard InChI is InChI=1S/C11H16N4O3S/c1-7-13-14-10(19-7)12-11(18)15-5-4-8(6-15)2-3-9(16)17/h8H,2-6H2,1H3,(H,16,17)(H,12,14,18). The molecule has 0 radical (unpaired) electrons. The highest BCUT2D eigenvalue weighted by molar-refractivity contribution is 7.15. The molecule has 104 valence electrons. The third-order valence-corrected chi connectivity index (χ3v) is 3.83. The van der Waals surface area contributed by atoms with Gasteiger partial charge in [-0.25, -0.2) is 4.79 Å². The Morgan fingerprint density at radius 2 is 2.32 bits per heavy atom. The molecule has 7 nitrogen and oxygen atoms in total. The summed E-state index contributed by atoms with van der Waals surface area (Å²) in [6, 6.07) is -0.186. The van der Waals surface area contributed by atoms with Gasteiger partial charge < -0.3 is 10.0 Å². The predicted molar refractivity (Wildman–Crippen MR) is 70.2 cm³/mol. The lowest BCUT2D eigenvalue weighted by Crippen LogP contribution is -2.33. The van der Waals surface area contributed by atoms with Gasteiger partial charge in [0.2, 0.25) is 5.13 Å². The number of carbonyl (C=O) groups is 2. The zero-order chi connectivity index (χ0) is 13.8. The van der Waals surface area contributed by atoms with Crippen LogP contribution in [0.3, 0.4) is 0 Å². The molecule has 0 bridgehead atoms. The Balaban J connectivity index is 1.80. The van der Waals surface area contributed by atoms with E-state index in [4.69, 9.17) is 5.11 Å². The van der Waals surface area contributed by atoms with Gasteiger partial charge in [-0.2, -0.15) is 0 Å². The quantitative estimate of drug-likeness (QED) is 0.875. The topological polar surface area (TPSA) is 95.4 Å². The molecule has 2 amide bonds. The van der Waals surface area contributed by atoms with Crippen LogP contribution >= 0.6 is 11.3 Å². The summed E-state index contributed by atoms with van der Waals surface area (Å²) >= 11 is 1.33. The van der Waals surface area contributed by atoms with Crippen LogP contribution in [0.15, 0.2) is 0 Å². The summed E-state index contributed by atoms with van der Waals surface area (Å²) in [5.74, 6) is -0.509. The predicted octanol–water partition coefficient (Wildman–Crippen LogP) is 1.57. The van der Waals surface area contributed by atoms with E-state index in [1.54, 1.807) is 4.90 Å². The van der Waals surface area contributed by atoms with Crippen LogP contribution in [0, 0.1) is 12.8 Å². The van der Waals surface area contributed by atoms with Gasteiger partial charge in [-0.3, -0.25) is 10.1 Å². The van der Waals surface area contributed by atoms with Crippen LogP contribution < -0.4 is 5.32 Å². The molecule has 1 atom stereocenters. The number of anilines is 1. The number of nitrogens with zero attached hydrogens (tertiary/aromatic N) is 3. The Hall–Kier alpha value is -1.70. The van der Waals surface area contributed by atoms with Gasteiger partial charge in [0.25, 0.3) is 0 Å². The number of aryl methyl sites for hydroxylation is 1.